The predicted octanol–water partition coefficient (Wildman–Crippen LogP) is 1.75. The molecule has 1 aromatic heterocycles. The summed E-state index contributed by atoms with van der Waals surface area (Å²) in [6, 6.07) is 0.734. The fourth-order valence-corrected chi connectivity index (χ4v) is 2.50. The second kappa shape index (κ2) is 6.43. The maximum atomic E-state index is 4.31. The van der Waals surface area contributed by atoms with Gasteiger partial charge in [-0.1, -0.05) is 0 Å². The highest BCUT2D eigenvalue weighted by Gasteiger charge is 2.17. The van der Waals surface area contributed by atoms with Gasteiger partial charge in [-0.05, 0) is 33.0 Å². The molecule has 1 N–H and O–H groups in total. The molecular formula is C10H18ClN3S. The number of nitrogens with zero attached hydrogens (tertiary/aromatic N) is 2. The summed E-state index contributed by atoms with van der Waals surface area (Å²) in [6.45, 7) is 3.31. The van der Waals surface area contributed by atoms with Crippen LogP contribution in [-0.2, 0) is 6.54 Å². The zero-order chi connectivity index (χ0) is 9.80. The molecule has 1 aliphatic rings. The Morgan fingerprint density at radius 1 is 1.53 bits per heavy atom. The van der Waals surface area contributed by atoms with Gasteiger partial charge in [0.05, 0.1) is 11.2 Å². The summed E-state index contributed by atoms with van der Waals surface area (Å²) >= 11 is 1.68. The fourth-order valence-electron chi connectivity index (χ4n) is 1.95. The highest BCUT2D eigenvalue weighted by atomic mass is 35.5. The molecule has 2 heterocycles. The molecule has 1 fully saturated rings. The number of piperidine rings is 1. The number of hydrogen-bond donors (Lipinski definition) is 1. The van der Waals surface area contributed by atoms with Gasteiger partial charge in [-0.3, -0.25) is 4.90 Å². The van der Waals surface area contributed by atoms with E-state index in [1.807, 2.05) is 5.51 Å². The van der Waals surface area contributed by atoms with Gasteiger partial charge in [0, 0.05) is 18.0 Å². The Morgan fingerprint density at radius 2 is 2.27 bits per heavy atom. The van der Waals surface area contributed by atoms with Crippen LogP contribution in [0.3, 0.4) is 0 Å². The first-order chi connectivity index (χ1) is 6.86. The van der Waals surface area contributed by atoms with Crippen LogP contribution in [0.5, 0.6) is 0 Å². The van der Waals surface area contributed by atoms with E-state index in [0.717, 1.165) is 25.7 Å². The average Bonchev–Trinajstić information content (AvgIpc) is 2.72. The molecule has 0 aliphatic carbocycles. The van der Waals surface area contributed by atoms with Gasteiger partial charge in [0.15, 0.2) is 0 Å². The third-order valence-electron chi connectivity index (χ3n) is 2.83. The Bertz CT molecular complexity index is 260. The zero-order valence-corrected chi connectivity index (χ0v) is 10.6. The summed E-state index contributed by atoms with van der Waals surface area (Å²) in [5.74, 6) is 0. The molecule has 0 radical (unpaired) electrons. The minimum Gasteiger partial charge on any atom is -0.317 e. The van der Waals surface area contributed by atoms with Crippen LogP contribution in [0.25, 0.3) is 0 Å². The monoisotopic (exact) mass is 247 g/mol. The predicted molar refractivity (Wildman–Crippen MR) is 66.7 cm³/mol. The zero-order valence-electron chi connectivity index (χ0n) is 8.98. The standard InChI is InChI=1S/C10H17N3S.ClH/c1-13(6-9-7-14-8-12-9)10-2-4-11-5-3-10;/h7-8,10-11H,2-6H2,1H3;1H. The van der Waals surface area contributed by atoms with Crippen LogP contribution in [0.4, 0.5) is 0 Å². The molecule has 86 valence electrons. The largest absolute Gasteiger partial charge is 0.317 e. The maximum absolute atomic E-state index is 4.31. The van der Waals surface area contributed by atoms with Crippen molar-refractivity contribution < 1.29 is 0 Å². The first-order valence-electron chi connectivity index (χ1n) is 5.14. The minimum absolute atomic E-state index is 0. The highest BCUT2D eigenvalue weighted by molar-refractivity contribution is 7.07. The van der Waals surface area contributed by atoms with Crippen molar-refractivity contribution in [2.45, 2.75) is 25.4 Å². The van der Waals surface area contributed by atoms with Gasteiger partial charge >= 0.3 is 0 Å². The molecule has 15 heavy (non-hydrogen) atoms. The first-order valence-corrected chi connectivity index (χ1v) is 6.08. The molecule has 1 aromatic rings. The van der Waals surface area contributed by atoms with E-state index in [1.165, 1.54) is 18.5 Å². The molecule has 0 atom stereocenters. The van der Waals surface area contributed by atoms with Gasteiger partial charge in [0.2, 0.25) is 0 Å². The van der Waals surface area contributed by atoms with Gasteiger partial charge < -0.3 is 5.32 Å². The molecule has 1 aliphatic heterocycles. The van der Waals surface area contributed by atoms with Crippen molar-refractivity contribution in [1.29, 1.82) is 0 Å². The third kappa shape index (κ3) is 3.72. The number of nitrogens with one attached hydrogen (secondary N) is 1. The smallest absolute Gasteiger partial charge is 0.0795 e. The lowest BCUT2D eigenvalue weighted by Gasteiger charge is -2.31. The lowest BCUT2D eigenvalue weighted by Crippen LogP contribution is -2.40. The fraction of sp³-hybridized carbons (Fsp3) is 0.700. The van der Waals surface area contributed by atoms with Gasteiger partial charge in [0.25, 0.3) is 0 Å². The van der Waals surface area contributed by atoms with E-state index in [2.05, 4.69) is 27.6 Å². The summed E-state index contributed by atoms with van der Waals surface area (Å²) in [6.07, 6.45) is 2.53. The Balaban J connectivity index is 0.00000112. The molecule has 0 unspecified atom stereocenters. The second-order valence-electron chi connectivity index (χ2n) is 3.88. The van der Waals surface area contributed by atoms with E-state index in [1.54, 1.807) is 11.3 Å². The van der Waals surface area contributed by atoms with Crippen molar-refractivity contribution in [1.82, 2.24) is 15.2 Å². The molecule has 0 spiro atoms. The summed E-state index contributed by atoms with van der Waals surface area (Å²) < 4.78 is 0. The van der Waals surface area contributed by atoms with Crippen molar-refractivity contribution in [2.24, 2.45) is 0 Å². The highest BCUT2D eigenvalue weighted by Crippen LogP contribution is 2.13. The quantitative estimate of drug-likeness (QED) is 0.882. The Morgan fingerprint density at radius 3 is 2.87 bits per heavy atom. The van der Waals surface area contributed by atoms with E-state index in [0.29, 0.717) is 0 Å². The van der Waals surface area contributed by atoms with Crippen molar-refractivity contribution in [2.75, 3.05) is 20.1 Å². The SMILES string of the molecule is CN(Cc1cscn1)C1CCNCC1.Cl. The lowest BCUT2D eigenvalue weighted by molar-refractivity contribution is 0.190. The van der Waals surface area contributed by atoms with Crippen molar-refractivity contribution in [3.05, 3.63) is 16.6 Å². The Labute approximate surface area is 101 Å². The first kappa shape index (κ1) is 12.9. The molecule has 0 amide bonds. The minimum atomic E-state index is 0. The van der Waals surface area contributed by atoms with E-state index in [4.69, 9.17) is 0 Å². The second-order valence-corrected chi connectivity index (χ2v) is 4.59. The van der Waals surface area contributed by atoms with Gasteiger partial charge in [0.1, 0.15) is 0 Å². The molecule has 1 saturated heterocycles. The van der Waals surface area contributed by atoms with Gasteiger partial charge in [-0.25, -0.2) is 4.98 Å². The summed E-state index contributed by atoms with van der Waals surface area (Å²) in [5, 5.41) is 5.52. The number of hydrogen-bond acceptors (Lipinski definition) is 4. The topological polar surface area (TPSA) is 28.2 Å². The maximum Gasteiger partial charge on any atom is 0.0795 e. The van der Waals surface area contributed by atoms with Crippen molar-refractivity contribution in [3.8, 4) is 0 Å². The normalized spacial score (nSPS) is 17.7. The number of rotatable bonds is 3. The van der Waals surface area contributed by atoms with Crippen LogP contribution in [0, 0.1) is 0 Å². The number of thiazole rings is 1. The molecule has 0 aromatic carbocycles. The molecular weight excluding hydrogens is 230 g/mol. The van der Waals surface area contributed by atoms with Gasteiger partial charge in [-0.2, -0.15) is 0 Å². The summed E-state index contributed by atoms with van der Waals surface area (Å²) in [5.41, 5.74) is 3.11. The van der Waals surface area contributed by atoms with Crippen LogP contribution in [0.2, 0.25) is 0 Å². The molecule has 3 nitrogen and oxygen atoms in total. The molecule has 5 heteroatoms. The Kier molecular flexibility index (Phi) is 5.53. The summed E-state index contributed by atoms with van der Waals surface area (Å²) in [7, 11) is 2.20. The van der Waals surface area contributed by atoms with E-state index >= 15 is 0 Å². The van der Waals surface area contributed by atoms with Crippen molar-refractivity contribution in [3.63, 3.8) is 0 Å². The van der Waals surface area contributed by atoms with E-state index in [9.17, 15) is 0 Å². The van der Waals surface area contributed by atoms with Crippen LogP contribution in [-0.4, -0.2) is 36.1 Å². The van der Waals surface area contributed by atoms with Crippen LogP contribution >= 0.6 is 23.7 Å². The lowest BCUT2D eigenvalue weighted by atomic mass is 10.1. The van der Waals surface area contributed by atoms with Gasteiger partial charge in [-0.15, -0.1) is 23.7 Å². The molecule has 2 rings (SSSR count). The van der Waals surface area contributed by atoms with Crippen LogP contribution < -0.4 is 5.32 Å². The average molecular weight is 248 g/mol. The number of halogens is 1. The van der Waals surface area contributed by atoms with E-state index in [-0.39, 0.29) is 12.4 Å². The number of aromatic nitrogens is 1. The van der Waals surface area contributed by atoms with Crippen molar-refractivity contribution >= 4 is 23.7 Å². The summed E-state index contributed by atoms with van der Waals surface area (Å²) in [4.78, 5) is 6.74. The Hall–Kier alpha value is -0.160. The van der Waals surface area contributed by atoms with E-state index < -0.39 is 0 Å². The van der Waals surface area contributed by atoms with Crippen LogP contribution in [0.1, 0.15) is 18.5 Å². The third-order valence-corrected chi connectivity index (χ3v) is 3.46. The van der Waals surface area contributed by atoms with Crippen LogP contribution in [0.15, 0.2) is 10.9 Å². The molecule has 0 saturated carbocycles. The molecule has 0 bridgehead atoms.